The van der Waals surface area contributed by atoms with Crippen LogP contribution in [0.3, 0.4) is 0 Å². The maximum absolute atomic E-state index is 12.1. The highest BCUT2D eigenvalue weighted by Crippen LogP contribution is 2.30. The molecule has 1 unspecified atom stereocenters. The van der Waals surface area contributed by atoms with E-state index in [0.717, 1.165) is 5.56 Å². The van der Waals surface area contributed by atoms with Crippen LogP contribution in [0.2, 0.25) is 0 Å². The van der Waals surface area contributed by atoms with Crippen molar-refractivity contribution in [2.75, 3.05) is 5.73 Å². The van der Waals surface area contributed by atoms with Gasteiger partial charge in [-0.25, -0.2) is 0 Å². The minimum Gasteiger partial charge on any atom is -0.507 e. The molecule has 1 rings (SSSR count). The van der Waals surface area contributed by atoms with Crippen LogP contribution in [0.1, 0.15) is 29.8 Å². The maximum Gasteiger partial charge on any atom is 0.182 e. The molecule has 0 heterocycles. The van der Waals surface area contributed by atoms with Gasteiger partial charge in [-0.3, -0.25) is 4.79 Å². The lowest BCUT2D eigenvalue weighted by atomic mass is 9.97. The highest BCUT2D eigenvalue weighted by molar-refractivity contribution is 9.10. The predicted molar refractivity (Wildman–Crippen MR) is 69.1 cm³/mol. The molecule has 0 amide bonds. The highest BCUT2D eigenvalue weighted by Gasteiger charge is 2.25. The molecule has 0 aliphatic heterocycles. The number of aromatic hydroxyl groups is 1. The number of aryl methyl sites for hydroxylation is 1. The molecule has 0 spiro atoms. The van der Waals surface area contributed by atoms with Gasteiger partial charge in [-0.15, -0.1) is 0 Å². The van der Waals surface area contributed by atoms with Crippen LogP contribution in [0.15, 0.2) is 12.1 Å². The Labute approximate surface area is 104 Å². The molecule has 1 aromatic carbocycles. The van der Waals surface area contributed by atoms with Crippen LogP contribution in [0.25, 0.3) is 0 Å². The van der Waals surface area contributed by atoms with Gasteiger partial charge in [-0.2, -0.15) is 0 Å². The van der Waals surface area contributed by atoms with Crippen molar-refractivity contribution < 1.29 is 9.90 Å². The Morgan fingerprint density at radius 2 is 2.00 bits per heavy atom. The average molecular weight is 286 g/mol. The van der Waals surface area contributed by atoms with Crippen molar-refractivity contribution in [2.24, 2.45) is 5.92 Å². The lowest BCUT2D eigenvalue weighted by Crippen LogP contribution is -2.21. The van der Waals surface area contributed by atoms with Gasteiger partial charge in [0.25, 0.3) is 0 Å². The largest absolute Gasteiger partial charge is 0.507 e. The first-order valence-electron chi connectivity index (χ1n) is 5.12. The van der Waals surface area contributed by atoms with Crippen LogP contribution < -0.4 is 5.73 Å². The number of hydrogen-bond donors (Lipinski definition) is 2. The lowest BCUT2D eigenvalue weighted by Gasteiger charge is -2.15. The molecule has 88 valence electrons. The van der Waals surface area contributed by atoms with Gasteiger partial charge in [0.05, 0.1) is 10.4 Å². The third-order valence-electron chi connectivity index (χ3n) is 2.52. The number of phenolic OH excluding ortho intramolecular Hbond substituents is 1. The number of nitrogen functional groups attached to an aromatic ring is 1. The predicted octanol–water partition coefficient (Wildman–Crippen LogP) is 2.89. The van der Waals surface area contributed by atoms with E-state index < -0.39 is 0 Å². The van der Waals surface area contributed by atoms with E-state index in [1.807, 2.05) is 20.8 Å². The number of anilines is 1. The molecule has 0 saturated heterocycles. The van der Waals surface area contributed by atoms with E-state index in [1.165, 1.54) is 6.07 Å². The van der Waals surface area contributed by atoms with Crippen molar-refractivity contribution in [1.29, 1.82) is 0 Å². The summed E-state index contributed by atoms with van der Waals surface area (Å²) in [5, 5.41) is 9.70. The van der Waals surface area contributed by atoms with E-state index in [9.17, 15) is 9.90 Å². The van der Waals surface area contributed by atoms with Crippen molar-refractivity contribution in [1.82, 2.24) is 0 Å². The zero-order valence-electron chi connectivity index (χ0n) is 9.62. The Kier molecular flexibility index (Phi) is 3.97. The van der Waals surface area contributed by atoms with E-state index in [2.05, 4.69) is 15.9 Å². The number of rotatable bonds is 3. The summed E-state index contributed by atoms with van der Waals surface area (Å²) in [6.07, 6.45) is 0. The Morgan fingerprint density at radius 1 is 1.44 bits per heavy atom. The zero-order valence-corrected chi connectivity index (χ0v) is 11.2. The van der Waals surface area contributed by atoms with Gasteiger partial charge < -0.3 is 10.8 Å². The molecule has 3 nitrogen and oxygen atoms in total. The molecule has 1 aromatic rings. The van der Waals surface area contributed by atoms with Crippen LogP contribution in [0.4, 0.5) is 5.69 Å². The lowest BCUT2D eigenvalue weighted by molar-refractivity contribution is 0.0976. The second kappa shape index (κ2) is 4.87. The summed E-state index contributed by atoms with van der Waals surface area (Å²) < 4.78 is 0. The SMILES string of the molecule is Cc1ccc(O)c(C(=O)C(Br)C(C)C)c1N. The van der Waals surface area contributed by atoms with Gasteiger partial charge in [0, 0.05) is 5.69 Å². The molecule has 0 aliphatic carbocycles. The minimum atomic E-state index is -0.331. The summed E-state index contributed by atoms with van der Waals surface area (Å²) in [6.45, 7) is 5.67. The van der Waals surface area contributed by atoms with E-state index in [0.29, 0.717) is 5.69 Å². The van der Waals surface area contributed by atoms with E-state index in [-0.39, 0.29) is 27.8 Å². The first kappa shape index (κ1) is 13.0. The quantitative estimate of drug-likeness (QED) is 0.510. The summed E-state index contributed by atoms with van der Waals surface area (Å²) in [5.41, 5.74) is 7.19. The molecular weight excluding hydrogens is 270 g/mol. The third-order valence-corrected chi connectivity index (χ3v) is 4.00. The second-order valence-corrected chi connectivity index (χ2v) is 5.19. The number of alkyl halides is 1. The van der Waals surface area contributed by atoms with Crippen molar-refractivity contribution >= 4 is 27.4 Å². The minimum absolute atomic E-state index is 0.0572. The number of halogens is 1. The number of Topliss-reactive ketones (excluding diaryl/α,β-unsaturated/α-hetero) is 1. The number of benzene rings is 1. The summed E-state index contributed by atoms with van der Waals surface area (Å²) in [6, 6.07) is 3.19. The van der Waals surface area contributed by atoms with Gasteiger partial charge in [0.2, 0.25) is 0 Å². The van der Waals surface area contributed by atoms with Gasteiger partial charge in [0.15, 0.2) is 5.78 Å². The Hall–Kier alpha value is -1.03. The van der Waals surface area contributed by atoms with Crippen molar-refractivity contribution in [3.05, 3.63) is 23.3 Å². The Bertz CT molecular complexity index is 416. The van der Waals surface area contributed by atoms with Crippen LogP contribution in [-0.2, 0) is 0 Å². The van der Waals surface area contributed by atoms with E-state index in [4.69, 9.17) is 5.73 Å². The van der Waals surface area contributed by atoms with Gasteiger partial charge in [-0.05, 0) is 24.5 Å². The molecule has 3 N–H and O–H groups in total. The summed E-state index contributed by atoms with van der Waals surface area (Å²) in [5.74, 6) is -0.0845. The molecular formula is C12H16BrNO2. The molecule has 16 heavy (non-hydrogen) atoms. The smallest absolute Gasteiger partial charge is 0.182 e. The normalized spacial score (nSPS) is 12.8. The maximum atomic E-state index is 12.1. The zero-order chi connectivity index (χ0) is 12.5. The fourth-order valence-corrected chi connectivity index (χ4v) is 1.64. The molecule has 0 radical (unpaired) electrons. The summed E-state index contributed by atoms with van der Waals surface area (Å²) >= 11 is 3.32. The Balaban J connectivity index is 3.23. The first-order valence-corrected chi connectivity index (χ1v) is 6.04. The van der Waals surface area contributed by atoms with Crippen LogP contribution in [0, 0.1) is 12.8 Å². The van der Waals surface area contributed by atoms with E-state index in [1.54, 1.807) is 6.07 Å². The summed E-state index contributed by atoms with van der Waals surface area (Å²) in [7, 11) is 0. The van der Waals surface area contributed by atoms with E-state index >= 15 is 0 Å². The van der Waals surface area contributed by atoms with Crippen molar-refractivity contribution in [2.45, 2.75) is 25.6 Å². The first-order chi connectivity index (χ1) is 7.36. The fraction of sp³-hybridized carbons (Fsp3) is 0.417. The number of ketones is 1. The van der Waals surface area contributed by atoms with Crippen molar-refractivity contribution in [3.8, 4) is 5.75 Å². The molecule has 0 aliphatic rings. The molecule has 1 atom stereocenters. The topological polar surface area (TPSA) is 63.3 Å². The molecule has 0 aromatic heterocycles. The molecule has 0 fully saturated rings. The van der Waals surface area contributed by atoms with Crippen LogP contribution in [-0.4, -0.2) is 15.7 Å². The standard InChI is InChI=1S/C12H16BrNO2/c1-6(2)10(13)12(16)9-8(15)5-4-7(3)11(9)14/h4-6,10,15H,14H2,1-3H3. The molecule has 4 heteroatoms. The van der Waals surface area contributed by atoms with Gasteiger partial charge in [0.1, 0.15) is 5.75 Å². The second-order valence-electron chi connectivity index (χ2n) is 4.20. The van der Waals surface area contributed by atoms with Gasteiger partial charge in [-0.1, -0.05) is 35.8 Å². The number of carbonyl (C=O) groups is 1. The third kappa shape index (κ3) is 2.38. The molecule has 0 bridgehead atoms. The van der Waals surface area contributed by atoms with Crippen molar-refractivity contribution in [3.63, 3.8) is 0 Å². The van der Waals surface area contributed by atoms with Gasteiger partial charge >= 0.3 is 0 Å². The van der Waals surface area contributed by atoms with Crippen LogP contribution in [0.5, 0.6) is 5.75 Å². The monoisotopic (exact) mass is 285 g/mol. The molecule has 0 saturated carbocycles. The summed E-state index contributed by atoms with van der Waals surface area (Å²) in [4.78, 5) is 11.8. The van der Waals surface area contributed by atoms with Crippen LogP contribution >= 0.6 is 15.9 Å². The number of hydrogen-bond acceptors (Lipinski definition) is 3. The fourth-order valence-electron chi connectivity index (χ4n) is 1.41. The average Bonchev–Trinajstić information content (AvgIpc) is 2.22. The highest BCUT2D eigenvalue weighted by atomic mass is 79.9. The Morgan fingerprint density at radius 3 is 2.50 bits per heavy atom. The number of carbonyl (C=O) groups excluding carboxylic acids is 1. The number of phenols is 1. The number of nitrogens with two attached hydrogens (primary N) is 1.